The number of hydrogen-bond acceptors (Lipinski definition) is 5. The molecule has 1 aromatic rings. The average molecular weight is 252 g/mol. The van der Waals surface area contributed by atoms with Gasteiger partial charge in [-0.25, -0.2) is 9.37 Å². The van der Waals surface area contributed by atoms with Gasteiger partial charge < -0.3 is 15.0 Å². The van der Waals surface area contributed by atoms with Crippen LogP contribution in [0.5, 0.6) is 0 Å². The zero-order chi connectivity index (χ0) is 12.5. The lowest BCUT2D eigenvalue weighted by atomic mass is 10.1. The molecule has 0 bridgehead atoms. The summed E-state index contributed by atoms with van der Waals surface area (Å²) in [4.78, 5) is 10.2. The molecule has 1 aliphatic carbocycles. The Kier molecular flexibility index (Phi) is 3.03. The number of fused-ring (bicyclic) bond motifs is 1. The molecule has 0 aromatic carbocycles. The molecule has 2 unspecified atom stereocenters. The van der Waals surface area contributed by atoms with Crippen LogP contribution in [0.3, 0.4) is 0 Å². The summed E-state index contributed by atoms with van der Waals surface area (Å²) in [5, 5.41) is 2.85. The second-order valence-corrected chi connectivity index (χ2v) is 4.72. The molecule has 2 fully saturated rings. The first-order valence-electron chi connectivity index (χ1n) is 6.38. The zero-order valence-corrected chi connectivity index (χ0v) is 10.4. The van der Waals surface area contributed by atoms with Crippen molar-refractivity contribution in [2.75, 3.05) is 30.4 Å². The maximum atomic E-state index is 13.9. The molecule has 6 heteroatoms. The van der Waals surface area contributed by atoms with Crippen molar-refractivity contribution in [3.8, 4) is 0 Å². The highest BCUT2D eigenvalue weighted by atomic mass is 19.1. The van der Waals surface area contributed by atoms with Gasteiger partial charge in [0.05, 0.1) is 24.9 Å². The van der Waals surface area contributed by atoms with Crippen molar-refractivity contribution >= 4 is 11.8 Å². The molecular formula is C12H17FN4O. The predicted molar refractivity (Wildman–Crippen MR) is 66.3 cm³/mol. The normalized spacial score (nSPS) is 27.1. The second kappa shape index (κ2) is 4.68. The molecule has 0 amide bonds. The van der Waals surface area contributed by atoms with E-state index in [0.717, 1.165) is 19.3 Å². The number of aromatic nitrogens is 2. The highest BCUT2D eigenvalue weighted by Gasteiger charge is 2.37. The van der Waals surface area contributed by atoms with E-state index in [1.165, 1.54) is 6.20 Å². The van der Waals surface area contributed by atoms with E-state index >= 15 is 0 Å². The molecule has 3 rings (SSSR count). The van der Waals surface area contributed by atoms with E-state index in [9.17, 15) is 4.39 Å². The van der Waals surface area contributed by atoms with E-state index in [1.807, 2.05) is 4.90 Å². The molecule has 1 aromatic heterocycles. The van der Waals surface area contributed by atoms with Crippen LogP contribution in [-0.4, -0.2) is 42.3 Å². The van der Waals surface area contributed by atoms with Gasteiger partial charge in [-0.05, 0) is 19.3 Å². The zero-order valence-electron chi connectivity index (χ0n) is 10.4. The Labute approximate surface area is 105 Å². The number of nitrogens with zero attached hydrogens (tertiary/aromatic N) is 3. The number of morpholine rings is 1. The fourth-order valence-electron chi connectivity index (χ4n) is 2.87. The number of halogens is 1. The molecule has 0 radical (unpaired) electrons. The van der Waals surface area contributed by atoms with Crippen LogP contribution in [-0.2, 0) is 4.74 Å². The van der Waals surface area contributed by atoms with Crippen molar-refractivity contribution in [1.82, 2.24) is 9.97 Å². The van der Waals surface area contributed by atoms with Crippen molar-refractivity contribution in [2.24, 2.45) is 0 Å². The van der Waals surface area contributed by atoms with Crippen molar-refractivity contribution in [3.63, 3.8) is 0 Å². The summed E-state index contributed by atoms with van der Waals surface area (Å²) < 4.78 is 19.6. The van der Waals surface area contributed by atoms with E-state index in [4.69, 9.17) is 4.74 Å². The molecule has 98 valence electrons. The summed E-state index contributed by atoms with van der Waals surface area (Å²) in [6.07, 6.45) is 4.70. The van der Waals surface area contributed by atoms with Crippen LogP contribution in [0.25, 0.3) is 0 Å². The molecule has 2 atom stereocenters. The first-order chi connectivity index (χ1) is 8.79. The number of anilines is 2. The van der Waals surface area contributed by atoms with Crippen molar-refractivity contribution in [1.29, 1.82) is 0 Å². The SMILES string of the molecule is CNc1ncc(F)c(N2CCOC3CCCC32)n1. The third-order valence-electron chi connectivity index (χ3n) is 3.70. The lowest BCUT2D eigenvalue weighted by Gasteiger charge is -2.38. The summed E-state index contributed by atoms with van der Waals surface area (Å²) in [5.74, 6) is 0.489. The third kappa shape index (κ3) is 1.90. The lowest BCUT2D eigenvalue weighted by molar-refractivity contribution is 0.0250. The van der Waals surface area contributed by atoms with Gasteiger partial charge in [-0.2, -0.15) is 4.98 Å². The van der Waals surface area contributed by atoms with Crippen LogP contribution in [0.15, 0.2) is 6.20 Å². The van der Waals surface area contributed by atoms with Crippen LogP contribution < -0.4 is 10.2 Å². The van der Waals surface area contributed by atoms with E-state index in [0.29, 0.717) is 24.9 Å². The first kappa shape index (κ1) is 11.6. The minimum atomic E-state index is -0.360. The van der Waals surface area contributed by atoms with Crippen LogP contribution in [0.1, 0.15) is 19.3 Å². The van der Waals surface area contributed by atoms with Gasteiger partial charge in [0.1, 0.15) is 0 Å². The molecule has 1 saturated carbocycles. The van der Waals surface area contributed by atoms with Gasteiger partial charge in [0.2, 0.25) is 5.95 Å². The summed E-state index contributed by atoms with van der Waals surface area (Å²) in [6.45, 7) is 1.33. The van der Waals surface area contributed by atoms with E-state index < -0.39 is 0 Å². The van der Waals surface area contributed by atoms with Gasteiger partial charge in [0.15, 0.2) is 11.6 Å². The van der Waals surface area contributed by atoms with Crippen LogP contribution in [0, 0.1) is 5.82 Å². The fourth-order valence-corrected chi connectivity index (χ4v) is 2.87. The first-order valence-corrected chi connectivity index (χ1v) is 6.38. The maximum Gasteiger partial charge on any atom is 0.224 e. The highest BCUT2D eigenvalue weighted by molar-refractivity contribution is 5.45. The summed E-state index contributed by atoms with van der Waals surface area (Å²) in [5.41, 5.74) is 0. The molecular weight excluding hydrogens is 235 g/mol. The maximum absolute atomic E-state index is 13.9. The van der Waals surface area contributed by atoms with Gasteiger partial charge in [-0.3, -0.25) is 0 Å². The Hall–Kier alpha value is -1.43. The highest BCUT2D eigenvalue weighted by Crippen LogP contribution is 2.33. The van der Waals surface area contributed by atoms with E-state index in [-0.39, 0.29) is 18.0 Å². The standard InChI is InChI=1S/C12H17FN4O/c1-14-12-15-7-8(13)11(16-12)17-5-6-18-10-4-2-3-9(10)17/h7,9-10H,2-6H2,1H3,(H,14,15,16). The number of nitrogens with one attached hydrogen (secondary N) is 1. The second-order valence-electron chi connectivity index (χ2n) is 4.72. The minimum Gasteiger partial charge on any atom is -0.374 e. The molecule has 1 saturated heterocycles. The van der Waals surface area contributed by atoms with Gasteiger partial charge >= 0.3 is 0 Å². The number of ether oxygens (including phenoxy) is 1. The molecule has 1 aliphatic heterocycles. The largest absolute Gasteiger partial charge is 0.374 e. The Morgan fingerprint density at radius 2 is 2.39 bits per heavy atom. The molecule has 18 heavy (non-hydrogen) atoms. The minimum absolute atomic E-state index is 0.228. The fraction of sp³-hybridized carbons (Fsp3) is 0.667. The molecule has 1 N–H and O–H groups in total. The Balaban J connectivity index is 1.93. The van der Waals surface area contributed by atoms with Gasteiger partial charge in [0, 0.05) is 13.6 Å². The van der Waals surface area contributed by atoms with Crippen molar-refractivity contribution in [2.45, 2.75) is 31.4 Å². The van der Waals surface area contributed by atoms with E-state index in [2.05, 4.69) is 15.3 Å². The Bertz CT molecular complexity index is 442. The van der Waals surface area contributed by atoms with Gasteiger partial charge in [-0.1, -0.05) is 0 Å². The summed E-state index contributed by atoms with van der Waals surface area (Å²) in [6, 6.07) is 0.257. The third-order valence-corrected chi connectivity index (χ3v) is 3.70. The molecule has 2 aliphatic rings. The Morgan fingerprint density at radius 3 is 3.22 bits per heavy atom. The lowest BCUT2D eigenvalue weighted by Crippen LogP contribution is -2.49. The Morgan fingerprint density at radius 1 is 1.50 bits per heavy atom. The smallest absolute Gasteiger partial charge is 0.224 e. The van der Waals surface area contributed by atoms with E-state index in [1.54, 1.807) is 7.05 Å². The van der Waals surface area contributed by atoms with Crippen LogP contribution in [0.2, 0.25) is 0 Å². The molecule has 0 spiro atoms. The number of rotatable bonds is 2. The monoisotopic (exact) mass is 252 g/mol. The van der Waals surface area contributed by atoms with Crippen LogP contribution >= 0.6 is 0 Å². The molecule has 2 heterocycles. The van der Waals surface area contributed by atoms with Gasteiger partial charge in [-0.15, -0.1) is 0 Å². The molecule has 5 nitrogen and oxygen atoms in total. The van der Waals surface area contributed by atoms with Crippen molar-refractivity contribution in [3.05, 3.63) is 12.0 Å². The van der Waals surface area contributed by atoms with Gasteiger partial charge in [0.25, 0.3) is 0 Å². The summed E-state index contributed by atoms with van der Waals surface area (Å²) in [7, 11) is 1.73. The van der Waals surface area contributed by atoms with Crippen LogP contribution in [0.4, 0.5) is 16.2 Å². The number of hydrogen-bond donors (Lipinski definition) is 1. The average Bonchev–Trinajstić information content (AvgIpc) is 2.87. The quantitative estimate of drug-likeness (QED) is 0.862. The topological polar surface area (TPSA) is 50.3 Å². The van der Waals surface area contributed by atoms with Crippen molar-refractivity contribution < 1.29 is 9.13 Å². The summed E-state index contributed by atoms with van der Waals surface area (Å²) >= 11 is 0. The predicted octanol–water partition coefficient (Wildman–Crippen LogP) is 1.42.